The summed E-state index contributed by atoms with van der Waals surface area (Å²) < 4.78 is 0. The zero-order valence-corrected chi connectivity index (χ0v) is 9.95. The normalized spacial score (nSPS) is 13.8. The first kappa shape index (κ1) is 10.8. The van der Waals surface area contributed by atoms with E-state index in [1.54, 1.807) is 0 Å². The fraction of sp³-hybridized carbons (Fsp3) is 0.133. The summed E-state index contributed by atoms with van der Waals surface area (Å²) in [6, 6.07) is 15.9. The summed E-state index contributed by atoms with van der Waals surface area (Å²) in [6.45, 7) is 0.887. The van der Waals surface area contributed by atoms with E-state index >= 15 is 0 Å². The Morgan fingerprint density at radius 3 is 2.61 bits per heavy atom. The van der Waals surface area contributed by atoms with Crippen LogP contribution in [0.4, 0.5) is 11.4 Å². The fourth-order valence-electron chi connectivity index (χ4n) is 1.95. The molecule has 3 rings (SSSR count). The van der Waals surface area contributed by atoms with Gasteiger partial charge in [0.05, 0.1) is 11.4 Å². The number of benzene rings is 2. The molecule has 1 heterocycles. The number of azo groups is 1. The molecule has 0 bridgehead atoms. The average Bonchev–Trinajstić information content (AvgIpc) is 2.46. The van der Waals surface area contributed by atoms with E-state index < -0.39 is 0 Å². The summed E-state index contributed by atoms with van der Waals surface area (Å²) >= 11 is 0. The van der Waals surface area contributed by atoms with Crippen molar-refractivity contribution in [3.05, 3.63) is 59.7 Å². The van der Waals surface area contributed by atoms with Gasteiger partial charge in [0.15, 0.2) is 0 Å². The molecular formula is C15H13N3. The third-order valence-corrected chi connectivity index (χ3v) is 2.91. The maximum atomic E-state index is 4.28. The number of hydrogen-bond donors (Lipinski definition) is 0. The van der Waals surface area contributed by atoms with Crippen molar-refractivity contribution in [2.75, 3.05) is 6.54 Å². The Morgan fingerprint density at radius 2 is 1.72 bits per heavy atom. The molecule has 0 aromatic heterocycles. The lowest BCUT2D eigenvalue weighted by molar-refractivity contribution is 0.952. The van der Waals surface area contributed by atoms with E-state index in [0.29, 0.717) is 0 Å². The average molecular weight is 235 g/mol. The molecule has 0 atom stereocenters. The van der Waals surface area contributed by atoms with E-state index in [9.17, 15) is 0 Å². The van der Waals surface area contributed by atoms with Crippen molar-refractivity contribution in [1.82, 2.24) is 0 Å². The van der Waals surface area contributed by atoms with Gasteiger partial charge in [-0.3, -0.25) is 4.99 Å². The standard InChI is InChI=1S/C15H13N3/c1-2-4-14(5-3-1)17-18-15-7-6-12-8-9-16-11-13(12)10-15/h1-7,10-11H,8-9H2. The van der Waals surface area contributed by atoms with Crippen LogP contribution in [0.2, 0.25) is 0 Å². The molecule has 3 nitrogen and oxygen atoms in total. The van der Waals surface area contributed by atoms with Gasteiger partial charge in [-0.1, -0.05) is 24.3 Å². The number of hydrogen-bond acceptors (Lipinski definition) is 3. The van der Waals surface area contributed by atoms with Gasteiger partial charge >= 0.3 is 0 Å². The van der Waals surface area contributed by atoms with Crippen molar-refractivity contribution in [2.24, 2.45) is 15.2 Å². The molecule has 3 heteroatoms. The van der Waals surface area contributed by atoms with Crippen molar-refractivity contribution >= 4 is 17.6 Å². The highest BCUT2D eigenvalue weighted by molar-refractivity contribution is 5.84. The first-order valence-electron chi connectivity index (χ1n) is 6.01. The second-order valence-electron chi connectivity index (χ2n) is 4.20. The fourth-order valence-corrected chi connectivity index (χ4v) is 1.95. The number of aliphatic imine (C=N–C) groups is 1. The van der Waals surface area contributed by atoms with Crippen LogP contribution in [0, 0.1) is 0 Å². The molecule has 18 heavy (non-hydrogen) atoms. The molecule has 0 aliphatic carbocycles. The molecule has 0 N–H and O–H groups in total. The van der Waals surface area contributed by atoms with E-state index in [0.717, 1.165) is 29.9 Å². The van der Waals surface area contributed by atoms with Crippen LogP contribution in [0.15, 0.2) is 63.8 Å². The molecule has 0 amide bonds. The Kier molecular flexibility index (Phi) is 2.96. The third-order valence-electron chi connectivity index (χ3n) is 2.91. The largest absolute Gasteiger partial charge is 0.292 e. The lowest BCUT2D eigenvalue weighted by atomic mass is 10.0. The molecule has 0 fully saturated rings. The van der Waals surface area contributed by atoms with E-state index in [1.807, 2.05) is 48.7 Å². The zero-order chi connectivity index (χ0) is 12.2. The van der Waals surface area contributed by atoms with Crippen LogP contribution < -0.4 is 0 Å². The lowest BCUT2D eigenvalue weighted by Crippen LogP contribution is -2.01. The Bertz CT molecular complexity index is 600. The Labute approximate surface area is 106 Å². The minimum absolute atomic E-state index is 0.865. The molecule has 0 saturated heterocycles. The van der Waals surface area contributed by atoms with Crippen molar-refractivity contribution < 1.29 is 0 Å². The van der Waals surface area contributed by atoms with E-state index in [1.165, 1.54) is 5.56 Å². The van der Waals surface area contributed by atoms with Crippen LogP contribution in [-0.2, 0) is 6.42 Å². The molecule has 0 radical (unpaired) electrons. The smallest absolute Gasteiger partial charge is 0.0863 e. The SMILES string of the molecule is C1=NCCc2ccc(N=Nc3ccccc3)cc21. The van der Waals surface area contributed by atoms with Crippen molar-refractivity contribution in [3.63, 3.8) is 0 Å². The van der Waals surface area contributed by atoms with E-state index in [4.69, 9.17) is 0 Å². The number of rotatable bonds is 2. The van der Waals surface area contributed by atoms with E-state index in [-0.39, 0.29) is 0 Å². The van der Waals surface area contributed by atoms with Gasteiger partial charge in [0.1, 0.15) is 0 Å². The predicted octanol–water partition coefficient (Wildman–Crippen LogP) is 4.08. The molecule has 0 spiro atoms. The highest BCUT2D eigenvalue weighted by atomic mass is 15.1. The lowest BCUT2D eigenvalue weighted by Gasteiger charge is -2.09. The van der Waals surface area contributed by atoms with Crippen molar-refractivity contribution in [2.45, 2.75) is 6.42 Å². The highest BCUT2D eigenvalue weighted by Gasteiger charge is 2.05. The van der Waals surface area contributed by atoms with Crippen LogP contribution in [0.1, 0.15) is 11.1 Å². The topological polar surface area (TPSA) is 37.1 Å². The molecule has 1 aliphatic heterocycles. The molecular weight excluding hydrogens is 222 g/mol. The van der Waals surface area contributed by atoms with Crippen LogP contribution >= 0.6 is 0 Å². The van der Waals surface area contributed by atoms with Crippen LogP contribution in [0.5, 0.6) is 0 Å². The maximum Gasteiger partial charge on any atom is 0.0863 e. The van der Waals surface area contributed by atoms with E-state index in [2.05, 4.69) is 21.3 Å². The summed E-state index contributed by atoms with van der Waals surface area (Å²) in [7, 11) is 0. The van der Waals surface area contributed by atoms with Gasteiger partial charge in [-0.05, 0) is 41.8 Å². The van der Waals surface area contributed by atoms with Gasteiger partial charge in [0, 0.05) is 12.8 Å². The summed E-state index contributed by atoms with van der Waals surface area (Å²) in [5.41, 5.74) is 4.23. The molecule has 2 aromatic rings. The molecule has 0 unspecified atom stereocenters. The van der Waals surface area contributed by atoms with Gasteiger partial charge in [-0.15, -0.1) is 0 Å². The second kappa shape index (κ2) is 4.92. The first-order chi connectivity index (χ1) is 8.92. The molecule has 2 aromatic carbocycles. The maximum absolute atomic E-state index is 4.28. The zero-order valence-electron chi connectivity index (χ0n) is 9.95. The summed E-state index contributed by atoms with van der Waals surface area (Å²) in [5.74, 6) is 0. The van der Waals surface area contributed by atoms with Gasteiger partial charge in [-0.2, -0.15) is 10.2 Å². The van der Waals surface area contributed by atoms with Gasteiger partial charge < -0.3 is 0 Å². The second-order valence-corrected chi connectivity index (χ2v) is 4.20. The Hall–Kier alpha value is -2.29. The highest BCUT2D eigenvalue weighted by Crippen LogP contribution is 2.22. The Balaban J connectivity index is 1.86. The minimum Gasteiger partial charge on any atom is -0.292 e. The van der Waals surface area contributed by atoms with Crippen molar-refractivity contribution in [1.29, 1.82) is 0 Å². The first-order valence-corrected chi connectivity index (χ1v) is 6.01. The van der Waals surface area contributed by atoms with Gasteiger partial charge in [-0.25, -0.2) is 0 Å². The third kappa shape index (κ3) is 2.35. The molecule has 0 saturated carbocycles. The summed E-state index contributed by atoms with van der Waals surface area (Å²) in [6.07, 6.45) is 2.93. The van der Waals surface area contributed by atoms with Crippen LogP contribution in [0.3, 0.4) is 0 Å². The van der Waals surface area contributed by atoms with Crippen LogP contribution in [-0.4, -0.2) is 12.8 Å². The Morgan fingerprint density at radius 1 is 0.889 bits per heavy atom. The summed E-state index contributed by atoms with van der Waals surface area (Å²) in [5, 5.41) is 8.45. The predicted molar refractivity (Wildman–Crippen MR) is 73.2 cm³/mol. The van der Waals surface area contributed by atoms with Gasteiger partial charge in [0.2, 0.25) is 0 Å². The monoisotopic (exact) mass is 235 g/mol. The molecule has 88 valence electrons. The number of nitrogens with zero attached hydrogens (tertiary/aromatic N) is 3. The quantitative estimate of drug-likeness (QED) is 0.703. The summed E-state index contributed by atoms with van der Waals surface area (Å²) in [4.78, 5) is 4.28. The van der Waals surface area contributed by atoms with Crippen LogP contribution in [0.25, 0.3) is 0 Å². The minimum atomic E-state index is 0.865. The molecule has 1 aliphatic rings. The van der Waals surface area contributed by atoms with Crippen molar-refractivity contribution in [3.8, 4) is 0 Å². The number of fused-ring (bicyclic) bond motifs is 1. The van der Waals surface area contributed by atoms with Gasteiger partial charge in [0.25, 0.3) is 0 Å².